The predicted octanol–water partition coefficient (Wildman–Crippen LogP) is 3.28. The Morgan fingerprint density at radius 1 is 1.14 bits per heavy atom. The molecule has 0 amide bonds. The Morgan fingerprint density at radius 3 is 2.57 bits per heavy atom. The lowest BCUT2D eigenvalue weighted by atomic mass is 10.2. The Hall–Kier alpha value is -0.790. The lowest BCUT2D eigenvalue weighted by Crippen LogP contribution is -2.32. The largest absolute Gasteiger partial charge is 0.214 e. The third-order valence-corrected chi connectivity index (χ3v) is 2.99. The molecule has 72 valence electrons. The van der Waals surface area contributed by atoms with Gasteiger partial charge in [0.1, 0.15) is 7.05 Å². The number of pyridine rings is 1. The minimum absolute atomic E-state index is 0.711. The first kappa shape index (κ1) is 9.75. The first-order valence-corrected chi connectivity index (χ1v) is 5.09. The van der Waals surface area contributed by atoms with E-state index in [9.17, 15) is 0 Å². The van der Waals surface area contributed by atoms with E-state index in [1.165, 1.54) is 0 Å². The molecule has 0 aliphatic heterocycles. The van der Waals surface area contributed by atoms with Gasteiger partial charge in [-0.15, -0.1) is 0 Å². The molecule has 2 rings (SSSR count). The molecule has 14 heavy (non-hydrogen) atoms. The molecule has 0 fully saturated rings. The lowest BCUT2D eigenvalue weighted by Gasteiger charge is -2.02. The summed E-state index contributed by atoms with van der Waals surface area (Å²) in [5, 5.41) is 2.45. The highest BCUT2D eigenvalue weighted by molar-refractivity contribution is 6.36. The zero-order chi connectivity index (χ0) is 10.3. The van der Waals surface area contributed by atoms with Gasteiger partial charge in [-0.3, -0.25) is 0 Å². The number of aromatic nitrogens is 1. The second-order valence-corrected chi connectivity index (χ2v) is 4.20. The standard InChI is InChI=1S/C11H10Cl2N/c1-7-5-10(13)9-6-8(12)3-4-11(9)14(7)2/h3-6H,1-2H3/q+1. The highest BCUT2D eigenvalue weighted by Crippen LogP contribution is 2.24. The zero-order valence-electron chi connectivity index (χ0n) is 8.01. The van der Waals surface area contributed by atoms with Gasteiger partial charge in [-0.2, -0.15) is 4.57 Å². The van der Waals surface area contributed by atoms with Crippen molar-refractivity contribution >= 4 is 34.1 Å². The van der Waals surface area contributed by atoms with Crippen molar-refractivity contribution in [2.45, 2.75) is 6.92 Å². The van der Waals surface area contributed by atoms with Gasteiger partial charge in [0.2, 0.25) is 5.52 Å². The van der Waals surface area contributed by atoms with Crippen LogP contribution in [-0.4, -0.2) is 0 Å². The fourth-order valence-corrected chi connectivity index (χ4v) is 2.02. The van der Waals surface area contributed by atoms with Crippen LogP contribution in [0.4, 0.5) is 0 Å². The Morgan fingerprint density at radius 2 is 1.86 bits per heavy atom. The summed E-state index contributed by atoms with van der Waals surface area (Å²) >= 11 is 12.0. The van der Waals surface area contributed by atoms with Gasteiger partial charge in [0.25, 0.3) is 0 Å². The molecule has 0 saturated carbocycles. The van der Waals surface area contributed by atoms with Crippen LogP contribution in [0, 0.1) is 6.92 Å². The quantitative estimate of drug-likeness (QED) is 0.608. The fourth-order valence-electron chi connectivity index (χ4n) is 1.54. The van der Waals surface area contributed by atoms with Crippen molar-refractivity contribution in [2.75, 3.05) is 0 Å². The molecule has 3 heteroatoms. The number of aryl methyl sites for hydroxylation is 2. The van der Waals surface area contributed by atoms with Gasteiger partial charge in [0.15, 0.2) is 5.69 Å². The number of halogens is 2. The van der Waals surface area contributed by atoms with Crippen LogP contribution in [0.2, 0.25) is 10.0 Å². The fraction of sp³-hybridized carbons (Fsp3) is 0.182. The number of rotatable bonds is 0. The number of hydrogen-bond acceptors (Lipinski definition) is 0. The summed E-state index contributed by atoms with van der Waals surface area (Å²) in [5.41, 5.74) is 2.23. The van der Waals surface area contributed by atoms with Crippen LogP contribution in [0.15, 0.2) is 24.3 Å². The van der Waals surface area contributed by atoms with Gasteiger partial charge in [-0.05, 0) is 12.1 Å². The van der Waals surface area contributed by atoms with Crippen molar-refractivity contribution in [1.82, 2.24) is 0 Å². The maximum Gasteiger partial charge on any atom is 0.214 e. The van der Waals surface area contributed by atoms with E-state index in [0.717, 1.165) is 21.6 Å². The first-order chi connectivity index (χ1) is 6.59. The van der Waals surface area contributed by atoms with Crippen LogP contribution in [0.25, 0.3) is 10.9 Å². The molecule has 0 bridgehead atoms. The summed E-state index contributed by atoms with van der Waals surface area (Å²) in [7, 11) is 2.02. The monoisotopic (exact) mass is 226 g/mol. The highest BCUT2D eigenvalue weighted by atomic mass is 35.5. The minimum Gasteiger partial charge on any atom is -0.198 e. The Balaban J connectivity index is 2.94. The van der Waals surface area contributed by atoms with Crippen LogP contribution in [0.5, 0.6) is 0 Å². The second-order valence-electron chi connectivity index (χ2n) is 3.35. The van der Waals surface area contributed by atoms with Crippen molar-refractivity contribution in [2.24, 2.45) is 7.05 Å². The van der Waals surface area contributed by atoms with Crippen LogP contribution in [0.1, 0.15) is 5.69 Å². The van der Waals surface area contributed by atoms with Crippen molar-refractivity contribution in [1.29, 1.82) is 0 Å². The summed E-state index contributed by atoms with van der Waals surface area (Å²) in [6, 6.07) is 7.69. The molecule has 0 aliphatic rings. The second kappa shape index (κ2) is 3.41. The van der Waals surface area contributed by atoms with Crippen LogP contribution in [-0.2, 0) is 7.05 Å². The van der Waals surface area contributed by atoms with Gasteiger partial charge in [-0.1, -0.05) is 23.2 Å². The molecule has 1 aromatic carbocycles. The van der Waals surface area contributed by atoms with Crippen molar-refractivity contribution in [3.05, 3.63) is 40.0 Å². The molecule has 0 radical (unpaired) electrons. The first-order valence-electron chi connectivity index (χ1n) is 4.34. The van der Waals surface area contributed by atoms with Crippen molar-refractivity contribution in [3.63, 3.8) is 0 Å². The summed E-state index contributed by atoms with van der Waals surface area (Å²) in [5.74, 6) is 0. The number of nitrogens with zero attached hydrogens (tertiary/aromatic N) is 1. The SMILES string of the molecule is Cc1cc(Cl)c2cc(Cl)ccc2[n+]1C. The van der Waals surface area contributed by atoms with E-state index in [1.807, 2.05) is 38.2 Å². The van der Waals surface area contributed by atoms with Gasteiger partial charge >= 0.3 is 0 Å². The van der Waals surface area contributed by atoms with Gasteiger partial charge in [0.05, 0.1) is 10.4 Å². The van der Waals surface area contributed by atoms with Crippen LogP contribution < -0.4 is 4.57 Å². The molecule has 0 aliphatic carbocycles. The zero-order valence-corrected chi connectivity index (χ0v) is 9.52. The van der Waals surface area contributed by atoms with E-state index in [1.54, 1.807) is 0 Å². The minimum atomic E-state index is 0.711. The summed E-state index contributed by atoms with van der Waals surface area (Å²) in [6.45, 7) is 2.03. The lowest BCUT2D eigenvalue weighted by molar-refractivity contribution is -0.651. The third kappa shape index (κ3) is 1.47. The third-order valence-electron chi connectivity index (χ3n) is 2.44. The molecule has 1 aromatic heterocycles. The van der Waals surface area contributed by atoms with E-state index in [0.29, 0.717) is 5.02 Å². The smallest absolute Gasteiger partial charge is 0.198 e. The molecule has 0 saturated heterocycles. The van der Waals surface area contributed by atoms with E-state index in [4.69, 9.17) is 23.2 Å². The normalized spacial score (nSPS) is 10.9. The maximum atomic E-state index is 6.13. The summed E-state index contributed by atoms with van der Waals surface area (Å²) < 4.78 is 2.09. The summed E-state index contributed by atoms with van der Waals surface area (Å²) in [6.07, 6.45) is 0. The molecule has 1 nitrogen and oxygen atoms in total. The van der Waals surface area contributed by atoms with Gasteiger partial charge < -0.3 is 0 Å². The van der Waals surface area contributed by atoms with Gasteiger partial charge in [-0.25, -0.2) is 0 Å². The molecule has 0 spiro atoms. The van der Waals surface area contributed by atoms with Crippen LogP contribution >= 0.6 is 23.2 Å². The average Bonchev–Trinajstić information content (AvgIpc) is 2.14. The molecular formula is C11H10Cl2N+. The predicted molar refractivity (Wildman–Crippen MR) is 59.9 cm³/mol. The van der Waals surface area contributed by atoms with Crippen molar-refractivity contribution in [3.8, 4) is 0 Å². The molecular weight excluding hydrogens is 217 g/mol. The summed E-state index contributed by atoms with van der Waals surface area (Å²) in [4.78, 5) is 0. The van der Waals surface area contributed by atoms with E-state index >= 15 is 0 Å². The molecule has 0 N–H and O–H groups in total. The number of benzene rings is 1. The van der Waals surface area contributed by atoms with Crippen molar-refractivity contribution < 1.29 is 4.57 Å². The van der Waals surface area contributed by atoms with Gasteiger partial charge in [0, 0.05) is 24.1 Å². The van der Waals surface area contributed by atoms with E-state index in [2.05, 4.69) is 4.57 Å². The number of fused-ring (bicyclic) bond motifs is 1. The Kier molecular flexibility index (Phi) is 2.38. The van der Waals surface area contributed by atoms with E-state index in [-0.39, 0.29) is 0 Å². The molecule has 0 atom stereocenters. The Bertz CT molecular complexity index is 506. The number of hydrogen-bond donors (Lipinski definition) is 0. The Labute approximate surface area is 92.9 Å². The molecule has 0 unspecified atom stereocenters. The average molecular weight is 227 g/mol. The highest BCUT2D eigenvalue weighted by Gasteiger charge is 2.12. The maximum absolute atomic E-state index is 6.13. The molecule has 1 heterocycles. The van der Waals surface area contributed by atoms with Crippen LogP contribution in [0.3, 0.4) is 0 Å². The topological polar surface area (TPSA) is 3.88 Å². The van der Waals surface area contributed by atoms with E-state index < -0.39 is 0 Å². The molecule has 2 aromatic rings.